The number of hydrogen-bond donors (Lipinski definition) is 1. The second kappa shape index (κ2) is 8.89. The van der Waals surface area contributed by atoms with Crippen LogP contribution in [0.1, 0.15) is 5.56 Å². The Balaban J connectivity index is 1.94. The molecule has 0 radical (unpaired) electrons. The van der Waals surface area contributed by atoms with Crippen LogP contribution in [-0.2, 0) is 9.59 Å². The molecule has 0 aromatic heterocycles. The highest BCUT2D eigenvalue weighted by atomic mass is 35.5. The molecule has 0 saturated heterocycles. The number of amides is 2. The molecule has 0 saturated carbocycles. The predicted molar refractivity (Wildman–Crippen MR) is 99.7 cm³/mol. The van der Waals surface area contributed by atoms with Gasteiger partial charge >= 0.3 is 0 Å². The number of ether oxygens (including phenoxy) is 1. The standard InChI is InChI=1S/C19H19ClN2O3/c1-22(19(24)11-8-14-6-4-3-5-7-14)13-18(23)21-16-12-15(20)9-10-17(16)25-2/h3-12H,13H2,1-2H3,(H,21,23)/b11-8+. The van der Waals surface area contributed by atoms with Crippen LogP contribution in [-0.4, -0.2) is 37.4 Å². The van der Waals surface area contributed by atoms with Crippen molar-refractivity contribution in [2.45, 2.75) is 0 Å². The Hall–Kier alpha value is -2.79. The molecule has 0 aliphatic heterocycles. The van der Waals surface area contributed by atoms with Crippen LogP contribution >= 0.6 is 11.6 Å². The third kappa shape index (κ3) is 5.65. The zero-order chi connectivity index (χ0) is 18.2. The highest BCUT2D eigenvalue weighted by Crippen LogP contribution is 2.27. The van der Waals surface area contributed by atoms with Gasteiger partial charge in [-0.3, -0.25) is 9.59 Å². The zero-order valence-electron chi connectivity index (χ0n) is 14.0. The van der Waals surface area contributed by atoms with Gasteiger partial charge in [-0.2, -0.15) is 0 Å². The molecular formula is C19H19ClN2O3. The van der Waals surface area contributed by atoms with Crippen LogP contribution in [0.3, 0.4) is 0 Å². The van der Waals surface area contributed by atoms with Gasteiger partial charge in [0.15, 0.2) is 0 Å². The summed E-state index contributed by atoms with van der Waals surface area (Å²) in [5.41, 5.74) is 1.37. The number of halogens is 1. The van der Waals surface area contributed by atoms with E-state index < -0.39 is 0 Å². The van der Waals surface area contributed by atoms with E-state index in [2.05, 4.69) is 5.32 Å². The Morgan fingerprint density at radius 3 is 2.60 bits per heavy atom. The minimum atomic E-state index is -0.343. The van der Waals surface area contributed by atoms with Gasteiger partial charge in [-0.15, -0.1) is 0 Å². The molecule has 0 aliphatic carbocycles. The Morgan fingerprint density at radius 1 is 1.20 bits per heavy atom. The van der Waals surface area contributed by atoms with Gasteiger partial charge in [0.2, 0.25) is 11.8 Å². The fourth-order valence-corrected chi connectivity index (χ4v) is 2.29. The first-order valence-corrected chi connectivity index (χ1v) is 7.99. The molecule has 0 atom stereocenters. The van der Waals surface area contributed by atoms with Crippen molar-refractivity contribution in [1.29, 1.82) is 0 Å². The van der Waals surface area contributed by atoms with E-state index in [4.69, 9.17) is 16.3 Å². The summed E-state index contributed by atoms with van der Waals surface area (Å²) in [6, 6.07) is 14.4. The predicted octanol–water partition coefficient (Wildman–Crippen LogP) is 3.46. The van der Waals surface area contributed by atoms with Gasteiger partial charge in [0.05, 0.1) is 19.3 Å². The van der Waals surface area contributed by atoms with Crippen molar-refractivity contribution in [3.8, 4) is 5.75 Å². The minimum absolute atomic E-state index is 0.0897. The molecule has 0 fully saturated rings. The van der Waals surface area contributed by atoms with Gasteiger partial charge < -0.3 is 15.0 Å². The fourth-order valence-electron chi connectivity index (χ4n) is 2.12. The minimum Gasteiger partial charge on any atom is -0.495 e. The molecule has 2 aromatic rings. The summed E-state index contributed by atoms with van der Waals surface area (Å²) >= 11 is 5.93. The maximum atomic E-state index is 12.2. The summed E-state index contributed by atoms with van der Waals surface area (Å²) < 4.78 is 5.18. The third-order valence-corrected chi connectivity index (χ3v) is 3.65. The lowest BCUT2D eigenvalue weighted by molar-refractivity contribution is -0.129. The van der Waals surface area contributed by atoms with Crippen LogP contribution in [0.25, 0.3) is 6.08 Å². The highest BCUT2D eigenvalue weighted by Gasteiger charge is 2.13. The molecule has 0 unspecified atom stereocenters. The Morgan fingerprint density at radius 2 is 1.92 bits per heavy atom. The number of likely N-dealkylation sites (N-methyl/N-ethyl adjacent to an activating group) is 1. The van der Waals surface area contributed by atoms with E-state index in [1.54, 1.807) is 31.3 Å². The fraction of sp³-hybridized carbons (Fsp3) is 0.158. The van der Waals surface area contributed by atoms with E-state index in [1.165, 1.54) is 18.1 Å². The third-order valence-electron chi connectivity index (χ3n) is 3.41. The molecule has 2 amide bonds. The number of hydrogen-bond acceptors (Lipinski definition) is 3. The zero-order valence-corrected chi connectivity index (χ0v) is 14.8. The average molecular weight is 359 g/mol. The number of rotatable bonds is 6. The van der Waals surface area contributed by atoms with Gasteiger partial charge in [-0.1, -0.05) is 41.9 Å². The van der Waals surface area contributed by atoms with Crippen molar-refractivity contribution in [2.75, 3.05) is 26.0 Å². The number of anilines is 1. The Labute approximate surface area is 151 Å². The van der Waals surface area contributed by atoms with Crippen molar-refractivity contribution in [3.63, 3.8) is 0 Å². The van der Waals surface area contributed by atoms with Crippen LogP contribution in [0.2, 0.25) is 5.02 Å². The molecule has 25 heavy (non-hydrogen) atoms. The summed E-state index contributed by atoms with van der Waals surface area (Å²) in [7, 11) is 3.06. The summed E-state index contributed by atoms with van der Waals surface area (Å²) in [4.78, 5) is 25.6. The smallest absolute Gasteiger partial charge is 0.246 e. The van der Waals surface area contributed by atoms with Gasteiger partial charge in [0.1, 0.15) is 5.75 Å². The van der Waals surface area contributed by atoms with Crippen molar-refractivity contribution in [2.24, 2.45) is 0 Å². The van der Waals surface area contributed by atoms with Crippen LogP contribution in [0, 0.1) is 0 Å². The van der Waals surface area contributed by atoms with Crippen molar-refractivity contribution >= 4 is 35.2 Å². The Bertz CT molecular complexity index is 775. The van der Waals surface area contributed by atoms with E-state index in [1.807, 2.05) is 30.3 Å². The number of methoxy groups -OCH3 is 1. The molecule has 6 heteroatoms. The van der Waals surface area contributed by atoms with Crippen LogP contribution < -0.4 is 10.1 Å². The molecule has 2 aromatic carbocycles. The largest absolute Gasteiger partial charge is 0.495 e. The first-order valence-electron chi connectivity index (χ1n) is 7.61. The number of carbonyl (C=O) groups excluding carboxylic acids is 2. The maximum absolute atomic E-state index is 12.2. The topological polar surface area (TPSA) is 58.6 Å². The number of nitrogens with zero attached hydrogens (tertiary/aromatic N) is 1. The van der Waals surface area contributed by atoms with Gasteiger partial charge in [-0.05, 0) is 29.8 Å². The molecule has 1 N–H and O–H groups in total. The molecular weight excluding hydrogens is 340 g/mol. The quantitative estimate of drug-likeness (QED) is 0.804. The van der Waals surface area contributed by atoms with Crippen LogP contribution in [0.4, 0.5) is 5.69 Å². The van der Waals surface area contributed by atoms with Gasteiger partial charge in [0, 0.05) is 18.1 Å². The van der Waals surface area contributed by atoms with Crippen LogP contribution in [0.15, 0.2) is 54.6 Å². The van der Waals surface area contributed by atoms with Crippen molar-refractivity contribution < 1.29 is 14.3 Å². The normalized spacial score (nSPS) is 10.5. The van der Waals surface area contributed by atoms with E-state index in [0.717, 1.165) is 5.56 Å². The second-order valence-corrected chi connectivity index (χ2v) is 5.77. The number of benzene rings is 2. The van der Waals surface area contributed by atoms with E-state index in [9.17, 15) is 9.59 Å². The summed E-state index contributed by atoms with van der Waals surface area (Å²) in [6.07, 6.45) is 3.14. The lowest BCUT2D eigenvalue weighted by Gasteiger charge is -2.16. The Kier molecular flexibility index (Phi) is 6.60. The lowest BCUT2D eigenvalue weighted by atomic mass is 10.2. The lowest BCUT2D eigenvalue weighted by Crippen LogP contribution is -2.33. The molecule has 0 spiro atoms. The first-order chi connectivity index (χ1) is 12.0. The van der Waals surface area contributed by atoms with Gasteiger partial charge in [0.25, 0.3) is 0 Å². The van der Waals surface area contributed by atoms with Crippen LogP contribution in [0.5, 0.6) is 5.75 Å². The number of carbonyl (C=O) groups is 2. The average Bonchev–Trinajstić information content (AvgIpc) is 2.60. The summed E-state index contributed by atoms with van der Waals surface area (Å²) in [6.45, 7) is -0.0897. The summed E-state index contributed by atoms with van der Waals surface area (Å²) in [5, 5.41) is 3.17. The van der Waals surface area contributed by atoms with E-state index >= 15 is 0 Å². The SMILES string of the molecule is COc1ccc(Cl)cc1NC(=O)CN(C)C(=O)/C=C/c1ccccc1. The maximum Gasteiger partial charge on any atom is 0.246 e. The monoisotopic (exact) mass is 358 g/mol. The molecule has 0 aliphatic rings. The number of nitrogens with one attached hydrogen (secondary N) is 1. The highest BCUT2D eigenvalue weighted by molar-refractivity contribution is 6.31. The summed E-state index contributed by atoms with van der Waals surface area (Å²) in [5.74, 6) is -0.114. The van der Waals surface area contributed by atoms with E-state index in [0.29, 0.717) is 16.5 Å². The molecule has 2 rings (SSSR count). The van der Waals surface area contributed by atoms with Crippen molar-refractivity contribution in [1.82, 2.24) is 4.90 Å². The molecule has 0 bridgehead atoms. The van der Waals surface area contributed by atoms with Crippen molar-refractivity contribution in [3.05, 3.63) is 65.2 Å². The molecule has 5 nitrogen and oxygen atoms in total. The first kappa shape index (κ1) is 18.5. The van der Waals surface area contributed by atoms with E-state index in [-0.39, 0.29) is 18.4 Å². The molecule has 0 heterocycles. The van der Waals surface area contributed by atoms with Gasteiger partial charge in [-0.25, -0.2) is 0 Å². The molecule has 130 valence electrons. The second-order valence-electron chi connectivity index (χ2n) is 5.33.